The molecule has 3 heteroatoms. The van der Waals surface area contributed by atoms with Gasteiger partial charge in [-0.1, -0.05) is 91.0 Å². The van der Waals surface area contributed by atoms with Gasteiger partial charge in [-0.2, -0.15) is 0 Å². The molecule has 0 N–H and O–H groups in total. The summed E-state index contributed by atoms with van der Waals surface area (Å²) in [7, 11) is -2.81. The molecule has 0 radical (unpaired) electrons. The third-order valence-corrected chi connectivity index (χ3v) is 6.90. The second-order valence-electron chi connectivity index (χ2n) is 5.52. The summed E-state index contributed by atoms with van der Waals surface area (Å²) in [5.41, 5.74) is 2.08. The Morgan fingerprint density at radius 2 is 1.25 bits per heavy atom. The quantitative estimate of drug-likeness (QED) is 0.443. The summed E-state index contributed by atoms with van der Waals surface area (Å²) in [6.45, 7) is 0. The summed E-state index contributed by atoms with van der Waals surface area (Å²) in [6, 6.07) is 27.2. The van der Waals surface area contributed by atoms with Crippen LogP contribution in [0.3, 0.4) is 0 Å². The highest BCUT2D eigenvalue weighted by molar-refractivity contribution is 7.81. The fourth-order valence-corrected chi connectivity index (χ4v) is 4.96. The van der Waals surface area contributed by atoms with E-state index < -0.39 is 7.14 Å². The monoisotopic (exact) mass is 352 g/mol. The van der Waals surface area contributed by atoms with Gasteiger partial charge in [0.2, 0.25) is 0 Å². The highest BCUT2D eigenvalue weighted by Gasteiger charge is 2.23. The van der Waals surface area contributed by atoms with E-state index in [1.807, 2.05) is 96.8 Å². The van der Waals surface area contributed by atoms with Crippen molar-refractivity contribution in [2.75, 3.05) is 0 Å². The SMILES string of the molecule is O=P(/C=C/c1ccc(CCl)cc1)(c1ccccc1)c1ccccc1. The van der Waals surface area contributed by atoms with Crippen molar-refractivity contribution < 1.29 is 4.57 Å². The Morgan fingerprint density at radius 3 is 1.71 bits per heavy atom. The van der Waals surface area contributed by atoms with Gasteiger partial charge in [0.25, 0.3) is 0 Å². The third kappa shape index (κ3) is 3.70. The Labute approximate surface area is 148 Å². The molecule has 120 valence electrons. The third-order valence-electron chi connectivity index (χ3n) is 3.89. The molecule has 0 spiro atoms. The normalized spacial score (nSPS) is 11.7. The van der Waals surface area contributed by atoms with Crippen LogP contribution in [0.15, 0.2) is 90.7 Å². The Morgan fingerprint density at radius 1 is 0.750 bits per heavy atom. The largest absolute Gasteiger partial charge is 0.309 e. The smallest absolute Gasteiger partial charge is 0.164 e. The minimum absolute atomic E-state index is 0.497. The Bertz CT molecular complexity index is 812. The molecule has 3 aromatic rings. The number of alkyl halides is 1. The van der Waals surface area contributed by atoms with Crippen LogP contribution in [0.5, 0.6) is 0 Å². The molecule has 0 atom stereocenters. The van der Waals surface area contributed by atoms with Gasteiger partial charge < -0.3 is 4.57 Å². The van der Waals surface area contributed by atoms with Gasteiger partial charge >= 0.3 is 0 Å². The number of benzene rings is 3. The molecule has 0 aromatic heterocycles. The van der Waals surface area contributed by atoms with Gasteiger partial charge in [0.1, 0.15) is 0 Å². The summed E-state index contributed by atoms with van der Waals surface area (Å²) >= 11 is 5.83. The highest BCUT2D eigenvalue weighted by Crippen LogP contribution is 2.45. The fourth-order valence-electron chi connectivity index (χ4n) is 2.53. The van der Waals surface area contributed by atoms with Gasteiger partial charge in [-0.25, -0.2) is 0 Å². The van der Waals surface area contributed by atoms with Gasteiger partial charge in [-0.05, 0) is 16.9 Å². The predicted octanol–water partition coefficient (Wildman–Crippen LogP) is 5.41. The van der Waals surface area contributed by atoms with Crippen molar-refractivity contribution in [3.8, 4) is 0 Å². The van der Waals surface area contributed by atoms with Crippen LogP contribution in [0.4, 0.5) is 0 Å². The van der Waals surface area contributed by atoms with E-state index in [1.54, 1.807) is 0 Å². The summed E-state index contributed by atoms with van der Waals surface area (Å²) < 4.78 is 13.8. The lowest BCUT2D eigenvalue weighted by atomic mass is 10.1. The molecule has 0 aliphatic carbocycles. The molecule has 0 aliphatic rings. The molecule has 3 aromatic carbocycles. The van der Waals surface area contributed by atoms with E-state index in [0.29, 0.717) is 5.88 Å². The van der Waals surface area contributed by atoms with E-state index >= 15 is 0 Å². The molecule has 0 saturated carbocycles. The minimum Gasteiger partial charge on any atom is -0.309 e. The molecule has 0 unspecified atom stereocenters. The first-order valence-corrected chi connectivity index (χ1v) is 10.1. The maximum atomic E-state index is 13.8. The number of rotatable bonds is 5. The van der Waals surface area contributed by atoms with E-state index in [4.69, 9.17) is 11.6 Å². The lowest BCUT2D eigenvalue weighted by Gasteiger charge is -2.15. The van der Waals surface area contributed by atoms with Crippen LogP contribution in [0.2, 0.25) is 0 Å². The zero-order valence-electron chi connectivity index (χ0n) is 13.2. The van der Waals surface area contributed by atoms with Gasteiger partial charge in [0.15, 0.2) is 7.14 Å². The number of hydrogen-bond acceptors (Lipinski definition) is 1. The van der Waals surface area contributed by atoms with Gasteiger partial charge in [0, 0.05) is 16.5 Å². The van der Waals surface area contributed by atoms with Crippen molar-refractivity contribution in [2.24, 2.45) is 0 Å². The lowest BCUT2D eigenvalue weighted by Crippen LogP contribution is -2.13. The van der Waals surface area contributed by atoms with Crippen LogP contribution in [-0.2, 0) is 10.4 Å². The second kappa shape index (κ2) is 7.66. The van der Waals surface area contributed by atoms with E-state index in [2.05, 4.69) is 0 Å². The first kappa shape index (κ1) is 16.8. The van der Waals surface area contributed by atoms with Crippen LogP contribution in [0.1, 0.15) is 11.1 Å². The molecule has 0 fully saturated rings. The second-order valence-corrected chi connectivity index (χ2v) is 8.43. The molecule has 0 heterocycles. The van der Waals surface area contributed by atoms with E-state index in [9.17, 15) is 4.57 Å². The number of halogens is 1. The Kier molecular flexibility index (Phi) is 5.35. The maximum absolute atomic E-state index is 13.8. The average molecular weight is 353 g/mol. The van der Waals surface area contributed by atoms with Gasteiger partial charge in [-0.15, -0.1) is 11.6 Å². The van der Waals surface area contributed by atoms with E-state index in [0.717, 1.165) is 21.7 Å². The molecule has 3 rings (SSSR count). The van der Waals surface area contributed by atoms with Gasteiger partial charge in [0.05, 0.1) is 0 Å². The molecular formula is C21H18ClOP. The van der Waals surface area contributed by atoms with Crippen molar-refractivity contribution in [2.45, 2.75) is 5.88 Å². The predicted molar refractivity (Wildman–Crippen MR) is 105 cm³/mol. The molecular weight excluding hydrogens is 335 g/mol. The molecule has 0 saturated heterocycles. The average Bonchev–Trinajstić information content (AvgIpc) is 2.68. The van der Waals surface area contributed by atoms with E-state index in [-0.39, 0.29) is 0 Å². The van der Waals surface area contributed by atoms with Crippen molar-refractivity contribution >= 4 is 35.4 Å². The lowest BCUT2D eigenvalue weighted by molar-refractivity contribution is 0.592. The van der Waals surface area contributed by atoms with Crippen LogP contribution in [-0.4, -0.2) is 0 Å². The fraction of sp³-hybridized carbons (Fsp3) is 0.0476. The van der Waals surface area contributed by atoms with Crippen LogP contribution in [0.25, 0.3) is 6.08 Å². The molecule has 24 heavy (non-hydrogen) atoms. The minimum atomic E-state index is -2.81. The number of hydrogen-bond donors (Lipinski definition) is 0. The maximum Gasteiger partial charge on any atom is 0.164 e. The summed E-state index contributed by atoms with van der Waals surface area (Å²) in [5.74, 6) is 2.34. The van der Waals surface area contributed by atoms with Crippen molar-refractivity contribution in [1.29, 1.82) is 0 Å². The van der Waals surface area contributed by atoms with Crippen LogP contribution in [0, 0.1) is 0 Å². The first-order chi connectivity index (χ1) is 11.7. The summed E-state index contributed by atoms with van der Waals surface area (Å²) in [5, 5.41) is 1.68. The summed E-state index contributed by atoms with van der Waals surface area (Å²) in [6.07, 6.45) is 1.93. The van der Waals surface area contributed by atoms with Crippen LogP contribution < -0.4 is 10.6 Å². The first-order valence-electron chi connectivity index (χ1n) is 7.77. The van der Waals surface area contributed by atoms with Crippen molar-refractivity contribution in [3.05, 3.63) is 102 Å². The molecule has 1 nitrogen and oxygen atoms in total. The summed E-state index contributed by atoms with van der Waals surface area (Å²) in [4.78, 5) is 0. The zero-order valence-corrected chi connectivity index (χ0v) is 14.8. The Hall–Kier alpha value is -2.08. The highest BCUT2D eigenvalue weighted by atomic mass is 35.5. The van der Waals surface area contributed by atoms with E-state index in [1.165, 1.54) is 0 Å². The standard InChI is InChI=1S/C21H18ClOP/c22-17-19-13-11-18(12-14-19)15-16-24(23,20-7-3-1-4-8-20)21-9-5-2-6-10-21/h1-16H,17H2/b16-15+. The zero-order chi connectivity index (χ0) is 16.8. The molecule has 0 bridgehead atoms. The molecule has 0 aliphatic heterocycles. The van der Waals surface area contributed by atoms with Crippen LogP contribution >= 0.6 is 18.7 Å². The van der Waals surface area contributed by atoms with Gasteiger partial charge in [-0.3, -0.25) is 0 Å². The topological polar surface area (TPSA) is 17.1 Å². The molecule has 0 amide bonds. The Balaban J connectivity index is 2.02. The van der Waals surface area contributed by atoms with Crippen molar-refractivity contribution in [1.82, 2.24) is 0 Å². The van der Waals surface area contributed by atoms with Crippen molar-refractivity contribution in [3.63, 3.8) is 0 Å².